The zero-order chi connectivity index (χ0) is 29.3. The molecule has 1 aliphatic heterocycles. The topological polar surface area (TPSA) is 28.4 Å². The van der Waals surface area contributed by atoms with Crippen molar-refractivity contribution in [3.8, 4) is 33.4 Å². The molecule has 0 atom stereocenters. The number of nitrogens with one attached hydrogen (secondary N) is 1. The van der Waals surface area contributed by atoms with Crippen LogP contribution in [0.2, 0.25) is 0 Å². The fourth-order valence-corrected chi connectivity index (χ4v) is 6.15. The van der Waals surface area contributed by atoms with Crippen LogP contribution in [0.4, 0.5) is 22.7 Å². The van der Waals surface area contributed by atoms with Gasteiger partial charge >= 0.3 is 0 Å². The average Bonchev–Trinajstić information content (AvgIpc) is 3.49. The highest BCUT2D eigenvalue weighted by atomic mass is 16.3. The Labute approximate surface area is 257 Å². The van der Waals surface area contributed by atoms with Crippen LogP contribution in [0, 0.1) is 0 Å². The molecule has 1 N–H and O–H groups in total. The van der Waals surface area contributed by atoms with Crippen molar-refractivity contribution in [2.24, 2.45) is 0 Å². The van der Waals surface area contributed by atoms with E-state index in [1.807, 2.05) is 0 Å². The minimum absolute atomic E-state index is 0.792. The number of hydrogen-bond donors (Lipinski definition) is 1. The second-order valence-electron chi connectivity index (χ2n) is 11.0. The van der Waals surface area contributed by atoms with E-state index in [1.165, 1.54) is 27.8 Å². The highest BCUT2D eigenvalue weighted by molar-refractivity contribution is 6.05. The number of fused-ring (bicyclic) bond motifs is 3. The first-order valence-electron chi connectivity index (χ1n) is 15.0. The van der Waals surface area contributed by atoms with Crippen molar-refractivity contribution in [1.29, 1.82) is 0 Å². The molecule has 0 aliphatic carbocycles. The second-order valence-corrected chi connectivity index (χ2v) is 11.0. The summed E-state index contributed by atoms with van der Waals surface area (Å²) in [7, 11) is 0. The van der Waals surface area contributed by atoms with Crippen LogP contribution >= 0.6 is 0 Å². The summed E-state index contributed by atoms with van der Waals surface area (Å²) in [5.41, 5.74) is 12.2. The smallest absolute Gasteiger partial charge is 0.160 e. The summed E-state index contributed by atoms with van der Waals surface area (Å²) in [6.45, 7) is 0.792. The highest BCUT2D eigenvalue weighted by Crippen LogP contribution is 2.46. The molecule has 0 radical (unpaired) electrons. The third-order valence-electron chi connectivity index (χ3n) is 8.31. The van der Waals surface area contributed by atoms with Gasteiger partial charge in [0.2, 0.25) is 0 Å². The van der Waals surface area contributed by atoms with Gasteiger partial charge in [-0.3, -0.25) is 0 Å². The second kappa shape index (κ2) is 11.1. The number of furan rings is 1. The van der Waals surface area contributed by atoms with Gasteiger partial charge in [0.05, 0.1) is 17.1 Å². The summed E-state index contributed by atoms with van der Waals surface area (Å²) in [6, 6.07) is 53.7. The van der Waals surface area contributed by atoms with Gasteiger partial charge in [-0.2, -0.15) is 0 Å². The van der Waals surface area contributed by atoms with Crippen LogP contribution < -0.4 is 10.2 Å². The van der Waals surface area contributed by atoms with Gasteiger partial charge in [-0.05, 0) is 64.2 Å². The van der Waals surface area contributed by atoms with E-state index >= 15 is 0 Å². The minimum Gasteiger partial charge on any atom is -0.452 e. The monoisotopic (exact) mass is 566 g/mol. The van der Waals surface area contributed by atoms with Crippen LogP contribution in [-0.4, -0.2) is 6.54 Å². The molecule has 8 rings (SSSR count). The number of nitrogens with zero attached hydrogens (tertiary/aromatic N) is 1. The Morgan fingerprint density at radius 2 is 1.07 bits per heavy atom. The maximum atomic E-state index is 6.54. The number of rotatable bonds is 6. The highest BCUT2D eigenvalue weighted by Gasteiger charge is 2.23. The number of para-hydroxylation sites is 2. The maximum Gasteiger partial charge on any atom is 0.160 e. The Balaban J connectivity index is 1.25. The van der Waals surface area contributed by atoms with E-state index in [-0.39, 0.29) is 0 Å². The standard InChI is InChI=1S/C41H30N2O/c1-3-11-29(12-4-1)30-20-22-31(23-21-30)32-24-26-34(27-25-32)43(37-17-8-7-15-35(37)33-13-5-2-6-14-33)38-18-9-16-36-40-39(44-41(36)38)19-10-28-42-40/h1-27,42H,28H2. The van der Waals surface area contributed by atoms with Gasteiger partial charge in [-0.1, -0.05) is 127 Å². The lowest BCUT2D eigenvalue weighted by Gasteiger charge is -2.28. The van der Waals surface area contributed by atoms with Crippen LogP contribution in [0.3, 0.4) is 0 Å². The molecule has 0 unspecified atom stereocenters. The summed E-state index contributed by atoms with van der Waals surface area (Å²) >= 11 is 0. The fourth-order valence-electron chi connectivity index (χ4n) is 6.15. The van der Waals surface area contributed by atoms with Crippen molar-refractivity contribution in [2.45, 2.75) is 0 Å². The van der Waals surface area contributed by atoms with Crippen molar-refractivity contribution in [2.75, 3.05) is 16.8 Å². The molecule has 3 nitrogen and oxygen atoms in total. The summed E-state index contributed by atoms with van der Waals surface area (Å²) in [5.74, 6) is 0.865. The molecule has 7 aromatic rings. The summed E-state index contributed by atoms with van der Waals surface area (Å²) in [4.78, 5) is 2.33. The van der Waals surface area contributed by atoms with Crippen molar-refractivity contribution in [1.82, 2.24) is 0 Å². The van der Waals surface area contributed by atoms with Crippen LogP contribution in [-0.2, 0) is 0 Å². The van der Waals surface area contributed by atoms with Gasteiger partial charge in [0, 0.05) is 23.2 Å². The summed E-state index contributed by atoms with van der Waals surface area (Å²) < 4.78 is 6.54. The molecule has 210 valence electrons. The Morgan fingerprint density at radius 1 is 0.500 bits per heavy atom. The molecular formula is C41H30N2O. The number of benzene rings is 6. The van der Waals surface area contributed by atoms with Gasteiger partial charge in [-0.15, -0.1) is 0 Å². The van der Waals surface area contributed by atoms with E-state index in [0.717, 1.165) is 51.6 Å². The molecule has 1 aromatic heterocycles. The lowest BCUT2D eigenvalue weighted by Crippen LogP contribution is -2.11. The fraction of sp³-hybridized carbons (Fsp3) is 0.0244. The van der Waals surface area contributed by atoms with Crippen LogP contribution in [0.15, 0.2) is 162 Å². The Hall–Kier alpha value is -5.80. The molecule has 0 saturated heterocycles. The predicted octanol–water partition coefficient (Wildman–Crippen LogP) is 11.3. The Morgan fingerprint density at radius 3 is 1.77 bits per heavy atom. The van der Waals surface area contributed by atoms with E-state index in [1.54, 1.807) is 0 Å². The average molecular weight is 567 g/mol. The SMILES string of the molecule is C1=Cc2oc3c(N(c4ccc(-c5ccc(-c6ccccc6)cc5)cc4)c4ccccc4-c4ccccc4)cccc3c2NC1. The van der Waals surface area contributed by atoms with Crippen LogP contribution in [0.1, 0.15) is 5.76 Å². The number of hydrogen-bond acceptors (Lipinski definition) is 3. The van der Waals surface area contributed by atoms with Crippen molar-refractivity contribution in [3.63, 3.8) is 0 Å². The van der Waals surface area contributed by atoms with Crippen LogP contribution in [0.5, 0.6) is 0 Å². The Kier molecular flexibility index (Phi) is 6.54. The molecule has 0 saturated carbocycles. The van der Waals surface area contributed by atoms with E-state index in [4.69, 9.17) is 4.42 Å². The first-order chi connectivity index (χ1) is 21.8. The van der Waals surface area contributed by atoms with E-state index in [9.17, 15) is 0 Å². The minimum atomic E-state index is 0.792. The first-order valence-corrected chi connectivity index (χ1v) is 15.0. The van der Waals surface area contributed by atoms with E-state index in [0.29, 0.717) is 0 Å². The van der Waals surface area contributed by atoms with E-state index in [2.05, 4.69) is 174 Å². The van der Waals surface area contributed by atoms with Crippen molar-refractivity contribution < 1.29 is 4.42 Å². The maximum absolute atomic E-state index is 6.54. The molecule has 0 amide bonds. The lowest BCUT2D eigenvalue weighted by atomic mass is 9.99. The van der Waals surface area contributed by atoms with Gasteiger partial charge in [-0.25, -0.2) is 0 Å². The van der Waals surface area contributed by atoms with Crippen molar-refractivity contribution in [3.05, 3.63) is 163 Å². The molecule has 1 aliphatic rings. The Bertz CT molecular complexity index is 2090. The lowest BCUT2D eigenvalue weighted by molar-refractivity contribution is 0.604. The third-order valence-corrected chi connectivity index (χ3v) is 8.31. The van der Waals surface area contributed by atoms with Gasteiger partial charge in [0.25, 0.3) is 0 Å². The molecule has 2 heterocycles. The normalized spacial score (nSPS) is 12.1. The van der Waals surface area contributed by atoms with Crippen molar-refractivity contribution >= 4 is 39.8 Å². The summed E-state index contributed by atoms with van der Waals surface area (Å²) in [6.07, 6.45) is 4.16. The molecule has 0 spiro atoms. The van der Waals surface area contributed by atoms with Gasteiger partial charge in [0.15, 0.2) is 11.3 Å². The molecule has 44 heavy (non-hydrogen) atoms. The van der Waals surface area contributed by atoms with Gasteiger partial charge < -0.3 is 14.6 Å². The molecular weight excluding hydrogens is 536 g/mol. The zero-order valence-corrected chi connectivity index (χ0v) is 24.2. The zero-order valence-electron chi connectivity index (χ0n) is 24.2. The quantitative estimate of drug-likeness (QED) is 0.217. The largest absolute Gasteiger partial charge is 0.452 e. The third kappa shape index (κ3) is 4.65. The van der Waals surface area contributed by atoms with Gasteiger partial charge in [0.1, 0.15) is 0 Å². The van der Waals surface area contributed by atoms with Crippen LogP contribution in [0.25, 0.3) is 50.4 Å². The first kappa shape index (κ1) is 25.9. The molecule has 0 bridgehead atoms. The predicted molar refractivity (Wildman–Crippen MR) is 185 cm³/mol. The van der Waals surface area contributed by atoms with E-state index < -0.39 is 0 Å². The molecule has 6 aromatic carbocycles. The molecule has 0 fully saturated rings. The summed E-state index contributed by atoms with van der Waals surface area (Å²) in [5, 5.41) is 4.59. The number of anilines is 4. The molecule has 3 heteroatoms.